The highest BCUT2D eigenvalue weighted by Gasteiger charge is 2.28. The van der Waals surface area contributed by atoms with E-state index in [4.69, 9.17) is 14.7 Å². The van der Waals surface area contributed by atoms with Crippen molar-refractivity contribution in [2.75, 3.05) is 44.3 Å². The first kappa shape index (κ1) is 25.3. The molecule has 2 unspecified atom stereocenters. The molecule has 35 heavy (non-hydrogen) atoms. The van der Waals surface area contributed by atoms with E-state index in [1.54, 1.807) is 6.92 Å². The molecule has 0 N–H and O–H groups in total. The first-order valence-electron chi connectivity index (χ1n) is 12.9. The Balaban J connectivity index is 1.75. The topological polar surface area (TPSA) is 70.9 Å². The van der Waals surface area contributed by atoms with Gasteiger partial charge in [0.1, 0.15) is 11.5 Å². The molecule has 3 heterocycles. The number of piperazine rings is 1. The van der Waals surface area contributed by atoms with Crippen molar-refractivity contribution in [3.63, 3.8) is 0 Å². The Hall–Kier alpha value is -2.80. The second-order valence-electron chi connectivity index (χ2n) is 9.89. The lowest BCUT2D eigenvalue weighted by molar-refractivity contribution is -0.129. The van der Waals surface area contributed by atoms with Gasteiger partial charge in [0.15, 0.2) is 5.82 Å². The summed E-state index contributed by atoms with van der Waals surface area (Å²) in [7, 11) is 0. The zero-order valence-corrected chi connectivity index (χ0v) is 21.9. The average molecular weight is 478 g/mol. The normalized spacial score (nSPS) is 19.8. The van der Waals surface area contributed by atoms with E-state index >= 15 is 0 Å². The molecule has 2 aliphatic rings. The van der Waals surface area contributed by atoms with E-state index in [1.165, 1.54) is 11.1 Å². The molecule has 1 aromatic carbocycles. The Labute approximate surface area is 209 Å². The van der Waals surface area contributed by atoms with Crippen LogP contribution in [0.4, 0.5) is 11.5 Å². The molecule has 1 aromatic heterocycles. The fraction of sp³-hybridized carbons (Fsp3) is 0.571. The van der Waals surface area contributed by atoms with Gasteiger partial charge < -0.3 is 14.5 Å². The van der Waals surface area contributed by atoms with Crippen molar-refractivity contribution in [2.24, 2.45) is 16.8 Å². The van der Waals surface area contributed by atoms with Crippen LogP contribution in [0.25, 0.3) is 0 Å². The molecule has 2 atom stereocenters. The average Bonchev–Trinajstić information content (AvgIpc) is 3.38. The Kier molecular flexibility index (Phi) is 8.16. The van der Waals surface area contributed by atoms with Gasteiger partial charge in [0.25, 0.3) is 0 Å². The van der Waals surface area contributed by atoms with Crippen molar-refractivity contribution in [2.45, 2.75) is 53.9 Å². The van der Waals surface area contributed by atoms with Crippen molar-refractivity contribution < 1.29 is 9.53 Å². The van der Waals surface area contributed by atoms with Gasteiger partial charge >= 0.3 is 0 Å². The second-order valence-corrected chi connectivity index (χ2v) is 9.89. The quantitative estimate of drug-likeness (QED) is 0.543. The number of carbonyl (C=O) groups excluding carboxylic acids is 1. The number of aliphatic imine (C=N–C) groups is 1. The molecular formula is C28H39N5O2. The minimum absolute atomic E-state index is 0.126. The molecule has 4 rings (SSSR count). The van der Waals surface area contributed by atoms with Crippen LogP contribution < -0.4 is 4.90 Å². The van der Waals surface area contributed by atoms with E-state index in [1.807, 2.05) is 18.7 Å². The number of aryl methyl sites for hydroxylation is 3. The Bertz CT molecular complexity index is 1070. The molecule has 2 saturated heterocycles. The second kappa shape index (κ2) is 11.3. The first-order chi connectivity index (χ1) is 16.9. The van der Waals surface area contributed by atoms with E-state index in [-0.39, 0.29) is 5.91 Å². The predicted molar refractivity (Wildman–Crippen MR) is 141 cm³/mol. The van der Waals surface area contributed by atoms with Crippen LogP contribution in [0.15, 0.2) is 29.3 Å². The van der Waals surface area contributed by atoms with Gasteiger partial charge in [-0.1, -0.05) is 37.6 Å². The molecule has 7 heteroatoms. The molecule has 0 bridgehead atoms. The van der Waals surface area contributed by atoms with Crippen LogP contribution in [0.1, 0.15) is 55.8 Å². The van der Waals surface area contributed by atoms with Crippen molar-refractivity contribution in [3.05, 3.63) is 46.9 Å². The van der Waals surface area contributed by atoms with Gasteiger partial charge in [0.05, 0.1) is 5.69 Å². The molecule has 0 aliphatic carbocycles. The van der Waals surface area contributed by atoms with E-state index < -0.39 is 0 Å². The molecule has 188 valence electrons. The van der Waals surface area contributed by atoms with Gasteiger partial charge in [0, 0.05) is 52.0 Å². The predicted octanol–water partition coefficient (Wildman–Crippen LogP) is 4.64. The fourth-order valence-corrected chi connectivity index (χ4v) is 5.34. The zero-order chi connectivity index (χ0) is 24.9. The number of anilines is 1. The van der Waals surface area contributed by atoms with Crippen LogP contribution >= 0.6 is 0 Å². The highest BCUT2D eigenvalue weighted by Crippen LogP contribution is 2.34. The lowest BCUT2D eigenvalue weighted by Crippen LogP contribution is -2.48. The summed E-state index contributed by atoms with van der Waals surface area (Å²) < 4.78 is 5.73. The monoisotopic (exact) mass is 477 g/mol. The molecule has 0 saturated carbocycles. The number of hydrogen-bond donors (Lipinski definition) is 0. The first-order valence-corrected chi connectivity index (χ1v) is 12.9. The SMILES string of the molecule is CCC(CC(=Nc1c(C)nc(C)nc1N1CCN(C(C)=O)CC1)c1ccccc1C)C1CCOC1. The molecule has 0 radical (unpaired) electrons. The van der Waals surface area contributed by atoms with Crippen LogP contribution in [0.3, 0.4) is 0 Å². The minimum atomic E-state index is 0.126. The third-order valence-electron chi connectivity index (χ3n) is 7.49. The van der Waals surface area contributed by atoms with Crippen LogP contribution in [0.2, 0.25) is 0 Å². The van der Waals surface area contributed by atoms with Gasteiger partial charge in [-0.3, -0.25) is 4.79 Å². The number of carbonyl (C=O) groups is 1. The van der Waals surface area contributed by atoms with E-state index in [0.717, 1.165) is 74.3 Å². The van der Waals surface area contributed by atoms with E-state index in [0.29, 0.717) is 24.9 Å². The molecule has 2 aliphatic heterocycles. The molecule has 0 spiro atoms. The summed E-state index contributed by atoms with van der Waals surface area (Å²) in [6.45, 7) is 14.6. The minimum Gasteiger partial charge on any atom is -0.381 e. The lowest BCUT2D eigenvalue weighted by Gasteiger charge is -2.35. The number of rotatable bonds is 7. The van der Waals surface area contributed by atoms with Crippen LogP contribution in [-0.4, -0.2) is 65.9 Å². The van der Waals surface area contributed by atoms with Crippen molar-refractivity contribution in [1.82, 2.24) is 14.9 Å². The summed E-state index contributed by atoms with van der Waals surface area (Å²) in [6, 6.07) is 8.52. The van der Waals surface area contributed by atoms with Gasteiger partial charge in [-0.2, -0.15) is 0 Å². The van der Waals surface area contributed by atoms with Crippen LogP contribution in [0.5, 0.6) is 0 Å². The molecular weight excluding hydrogens is 438 g/mol. The van der Waals surface area contributed by atoms with E-state index in [9.17, 15) is 4.79 Å². The summed E-state index contributed by atoms with van der Waals surface area (Å²) in [5.74, 6) is 2.84. The summed E-state index contributed by atoms with van der Waals surface area (Å²) in [6.07, 6.45) is 3.13. The highest BCUT2D eigenvalue weighted by molar-refractivity contribution is 6.04. The summed E-state index contributed by atoms with van der Waals surface area (Å²) >= 11 is 0. The third kappa shape index (κ3) is 5.89. The maximum Gasteiger partial charge on any atom is 0.219 e. The zero-order valence-electron chi connectivity index (χ0n) is 21.9. The van der Waals surface area contributed by atoms with Gasteiger partial charge in [-0.05, 0) is 56.6 Å². The fourth-order valence-electron chi connectivity index (χ4n) is 5.34. The summed E-state index contributed by atoms with van der Waals surface area (Å²) in [5.41, 5.74) is 5.26. The summed E-state index contributed by atoms with van der Waals surface area (Å²) in [5, 5.41) is 0. The maximum atomic E-state index is 11.8. The number of amides is 1. The number of benzene rings is 1. The summed E-state index contributed by atoms with van der Waals surface area (Å²) in [4.78, 5) is 30.9. The number of ether oxygens (including phenoxy) is 1. The molecule has 2 aromatic rings. The number of nitrogens with zero attached hydrogens (tertiary/aromatic N) is 5. The van der Waals surface area contributed by atoms with Gasteiger partial charge in [-0.25, -0.2) is 15.0 Å². The smallest absolute Gasteiger partial charge is 0.219 e. The lowest BCUT2D eigenvalue weighted by atomic mass is 9.83. The van der Waals surface area contributed by atoms with Crippen molar-refractivity contribution in [1.29, 1.82) is 0 Å². The van der Waals surface area contributed by atoms with Crippen LogP contribution in [-0.2, 0) is 9.53 Å². The molecule has 7 nitrogen and oxygen atoms in total. The Morgan fingerprint density at radius 2 is 1.89 bits per heavy atom. The Morgan fingerprint density at radius 1 is 1.14 bits per heavy atom. The standard InChI is InChI=1S/C28H39N5O2/c1-6-23(24-11-16-35-18-24)17-26(25-10-8-7-9-19(25)2)31-27-20(3)29-21(4)30-28(27)33-14-12-32(13-15-33)22(5)34/h7-10,23-24H,6,11-18H2,1-5H3. The number of hydrogen-bond acceptors (Lipinski definition) is 6. The van der Waals surface area contributed by atoms with Gasteiger partial charge in [-0.15, -0.1) is 0 Å². The van der Waals surface area contributed by atoms with E-state index in [2.05, 4.69) is 48.0 Å². The Morgan fingerprint density at radius 3 is 2.51 bits per heavy atom. The van der Waals surface area contributed by atoms with Gasteiger partial charge in [0.2, 0.25) is 5.91 Å². The molecule has 2 fully saturated rings. The van der Waals surface area contributed by atoms with Crippen molar-refractivity contribution in [3.8, 4) is 0 Å². The maximum absolute atomic E-state index is 11.8. The highest BCUT2D eigenvalue weighted by atomic mass is 16.5. The van der Waals surface area contributed by atoms with Crippen LogP contribution in [0, 0.1) is 32.6 Å². The third-order valence-corrected chi connectivity index (χ3v) is 7.49. The largest absolute Gasteiger partial charge is 0.381 e. The number of aromatic nitrogens is 2. The molecule has 1 amide bonds. The van der Waals surface area contributed by atoms with Crippen molar-refractivity contribution >= 4 is 23.1 Å².